The number of ether oxygens (including phenoxy) is 2. The summed E-state index contributed by atoms with van der Waals surface area (Å²) in [6.45, 7) is 3.37. The highest BCUT2D eigenvalue weighted by atomic mass is 32.1. The Morgan fingerprint density at radius 3 is 2.33 bits per heavy atom. The summed E-state index contributed by atoms with van der Waals surface area (Å²) in [7, 11) is 3.33. The molecule has 0 saturated carbocycles. The molecule has 1 aliphatic heterocycles. The SMILES string of the molecule is COc1ccc(N2CCN(c3ncnc(Nc4nc5ccc(OC)cc5s4)c3N)CC2)cc1. The average molecular weight is 464 g/mol. The minimum atomic E-state index is 0.521. The van der Waals surface area contributed by atoms with E-state index in [-0.39, 0.29) is 0 Å². The summed E-state index contributed by atoms with van der Waals surface area (Å²) in [5, 5.41) is 3.99. The minimum absolute atomic E-state index is 0.521. The Morgan fingerprint density at radius 2 is 1.61 bits per heavy atom. The number of piperazine rings is 1. The van der Waals surface area contributed by atoms with Crippen LogP contribution >= 0.6 is 11.3 Å². The van der Waals surface area contributed by atoms with Gasteiger partial charge in [0, 0.05) is 31.9 Å². The van der Waals surface area contributed by atoms with E-state index in [1.54, 1.807) is 20.5 Å². The van der Waals surface area contributed by atoms with Gasteiger partial charge in [0.25, 0.3) is 0 Å². The smallest absolute Gasteiger partial charge is 0.189 e. The highest BCUT2D eigenvalue weighted by Gasteiger charge is 2.22. The van der Waals surface area contributed by atoms with E-state index in [9.17, 15) is 0 Å². The Morgan fingerprint density at radius 1 is 0.909 bits per heavy atom. The number of nitrogens with two attached hydrogens (primary N) is 1. The van der Waals surface area contributed by atoms with Crippen molar-refractivity contribution in [1.29, 1.82) is 0 Å². The van der Waals surface area contributed by atoms with Gasteiger partial charge in [0.2, 0.25) is 0 Å². The highest BCUT2D eigenvalue weighted by molar-refractivity contribution is 7.22. The van der Waals surface area contributed by atoms with E-state index in [1.807, 2.05) is 30.3 Å². The summed E-state index contributed by atoms with van der Waals surface area (Å²) in [6, 6.07) is 13.9. The molecule has 0 atom stereocenters. The van der Waals surface area contributed by atoms with Crippen molar-refractivity contribution < 1.29 is 9.47 Å². The molecule has 4 aromatic rings. The fourth-order valence-corrected chi connectivity index (χ4v) is 4.79. The molecule has 1 aliphatic rings. The molecule has 1 saturated heterocycles. The summed E-state index contributed by atoms with van der Waals surface area (Å²) >= 11 is 1.52. The molecule has 0 amide bonds. The van der Waals surface area contributed by atoms with Crippen LogP contribution in [0.15, 0.2) is 48.8 Å². The predicted octanol–water partition coefficient (Wildman–Crippen LogP) is 3.76. The van der Waals surface area contributed by atoms with Crippen molar-refractivity contribution in [3.8, 4) is 11.5 Å². The number of aromatic nitrogens is 3. The van der Waals surface area contributed by atoms with E-state index in [0.29, 0.717) is 11.5 Å². The number of hydrogen-bond acceptors (Lipinski definition) is 10. The lowest BCUT2D eigenvalue weighted by Gasteiger charge is -2.37. The second kappa shape index (κ2) is 8.99. The lowest BCUT2D eigenvalue weighted by atomic mass is 10.2. The molecule has 9 nitrogen and oxygen atoms in total. The van der Waals surface area contributed by atoms with Gasteiger partial charge in [-0.1, -0.05) is 11.3 Å². The summed E-state index contributed by atoms with van der Waals surface area (Å²) in [5.41, 5.74) is 9.08. The van der Waals surface area contributed by atoms with Crippen molar-refractivity contribution in [3.05, 3.63) is 48.8 Å². The van der Waals surface area contributed by atoms with Crippen LogP contribution in [0.3, 0.4) is 0 Å². The monoisotopic (exact) mass is 463 g/mol. The van der Waals surface area contributed by atoms with E-state index in [2.05, 4.69) is 42.2 Å². The molecule has 3 N–H and O–H groups in total. The molecule has 5 rings (SSSR count). The van der Waals surface area contributed by atoms with Crippen LogP contribution in [0.25, 0.3) is 10.2 Å². The van der Waals surface area contributed by atoms with Gasteiger partial charge in [-0.15, -0.1) is 0 Å². The van der Waals surface area contributed by atoms with Gasteiger partial charge in [-0.05, 0) is 42.5 Å². The standard InChI is InChI=1S/C23H25N7O2S/c1-31-16-5-3-15(4-6-16)29-9-11-30(12-10-29)22-20(24)21(25-14-26-22)28-23-27-18-8-7-17(32-2)13-19(18)33-23/h3-8,13-14H,9-12,24H2,1-2H3,(H,25,26,27,28). The van der Waals surface area contributed by atoms with Crippen LogP contribution in [-0.2, 0) is 0 Å². The molecule has 2 aromatic heterocycles. The van der Waals surface area contributed by atoms with E-state index in [0.717, 1.165) is 58.8 Å². The van der Waals surface area contributed by atoms with Gasteiger partial charge in [0.05, 0.1) is 24.4 Å². The molecular weight excluding hydrogens is 438 g/mol. The first-order valence-electron chi connectivity index (χ1n) is 10.6. The summed E-state index contributed by atoms with van der Waals surface area (Å²) in [4.78, 5) is 18.0. The van der Waals surface area contributed by atoms with Crippen LogP contribution in [0.2, 0.25) is 0 Å². The van der Waals surface area contributed by atoms with Gasteiger partial charge in [0.15, 0.2) is 16.8 Å². The number of rotatable bonds is 6. The van der Waals surface area contributed by atoms with Crippen LogP contribution < -0.4 is 30.3 Å². The third-order valence-corrected chi connectivity index (χ3v) is 6.63. The molecular formula is C23H25N7O2S. The Kier molecular flexibility index (Phi) is 5.74. The quantitative estimate of drug-likeness (QED) is 0.442. The third kappa shape index (κ3) is 4.29. The Balaban J connectivity index is 1.29. The number of benzene rings is 2. The van der Waals surface area contributed by atoms with Crippen molar-refractivity contribution in [2.75, 3.05) is 61.2 Å². The van der Waals surface area contributed by atoms with Crippen LogP contribution in [0.1, 0.15) is 0 Å². The second-order valence-corrected chi connectivity index (χ2v) is 8.64. The Labute approximate surface area is 195 Å². The van der Waals surface area contributed by atoms with Gasteiger partial charge >= 0.3 is 0 Å². The first kappa shape index (κ1) is 21.1. The zero-order valence-corrected chi connectivity index (χ0v) is 19.3. The van der Waals surface area contributed by atoms with Crippen molar-refractivity contribution in [2.24, 2.45) is 0 Å². The summed E-state index contributed by atoms with van der Waals surface area (Å²) < 4.78 is 11.6. The lowest BCUT2D eigenvalue weighted by Crippen LogP contribution is -2.47. The van der Waals surface area contributed by atoms with Crippen molar-refractivity contribution >= 4 is 49.7 Å². The van der Waals surface area contributed by atoms with Crippen LogP contribution in [-0.4, -0.2) is 55.4 Å². The average Bonchev–Trinajstić information content (AvgIpc) is 3.27. The molecule has 2 aromatic carbocycles. The molecule has 1 fully saturated rings. The topological polar surface area (TPSA) is 102 Å². The van der Waals surface area contributed by atoms with E-state index in [1.165, 1.54) is 17.0 Å². The van der Waals surface area contributed by atoms with Gasteiger partial charge in [-0.3, -0.25) is 0 Å². The maximum Gasteiger partial charge on any atom is 0.189 e. The number of nitrogens with zero attached hydrogens (tertiary/aromatic N) is 5. The maximum absolute atomic E-state index is 6.48. The zero-order valence-electron chi connectivity index (χ0n) is 18.5. The summed E-state index contributed by atoms with van der Waals surface area (Å²) in [6.07, 6.45) is 1.54. The molecule has 0 radical (unpaired) electrons. The number of methoxy groups -OCH3 is 2. The van der Waals surface area contributed by atoms with E-state index < -0.39 is 0 Å². The number of nitrogen functional groups attached to an aromatic ring is 1. The minimum Gasteiger partial charge on any atom is -0.497 e. The van der Waals surface area contributed by atoms with Gasteiger partial charge in [-0.2, -0.15) is 0 Å². The molecule has 0 aliphatic carbocycles. The highest BCUT2D eigenvalue weighted by Crippen LogP contribution is 2.34. The van der Waals surface area contributed by atoms with Gasteiger partial charge in [-0.25, -0.2) is 15.0 Å². The number of fused-ring (bicyclic) bond motifs is 1. The van der Waals surface area contributed by atoms with Crippen molar-refractivity contribution in [2.45, 2.75) is 0 Å². The molecule has 170 valence electrons. The van der Waals surface area contributed by atoms with E-state index in [4.69, 9.17) is 15.2 Å². The zero-order chi connectivity index (χ0) is 22.8. The first-order chi connectivity index (χ1) is 16.1. The predicted molar refractivity (Wildman–Crippen MR) is 133 cm³/mol. The fourth-order valence-electron chi connectivity index (χ4n) is 3.89. The number of hydrogen-bond donors (Lipinski definition) is 2. The third-order valence-electron chi connectivity index (χ3n) is 5.70. The van der Waals surface area contributed by atoms with Crippen LogP contribution in [0.4, 0.5) is 28.1 Å². The molecule has 10 heteroatoms. The number of nitrogens with one attached hydrogen (secondary N) is 1. The largest absolute Gasteiger partial charge is 0.497 e. The van der Waals surface area contributed by atoms with Gasteiger partial charge in [0.1, 0.15) is 23.5 Å². The second-order valence-electron chi connectivity index (χ2n) is 7.61. The summed E-state index contributed by atoms with van der Waals surface area (Å²) in [5.74, 6) is 2.96. The van der Waals surface area contributed by atoms with Crippen molar-refractivity contribution in [3.63, 3.8) is 0 Å². The Bertz CT molecular complexity index is 1250. The molecule has 0 spiro atoms. The van der Waals surface area contributed by atoms with Crippen LogP contribution in [0.5, 0.6) is 11.5 Å². The first-order valence-corrected chi connectivity index (χ1v) is 11.4. The maximum atomic E-state index is 6.48. The normalized spacial score (nSPS) is 13.9. The van der Waals surface area contributed by atoms with E-state index >= 15 is 0 Å². The number of thiazole rings is 1. The Hall–Kier alpha value is -3.79. The fraction of sp³-hybridized carbons (Fsp3) is 0.261. The lowest BCUT2D eigenvalue weighted by molar-refractivity contribution is 0.415. The molecule has 0 unspecified atom stereocenters. The molecule has 0 bridgehead atoms. The number of anilines is 5. The van der Waals surface area contributed by atoms with Crippen LogP contribution in [0, 0.1) is 0 Å². The van der Waals surface area contributed by atoms with Crippen molar-refractivity contribution in [1.82, 2.24) is 15.0 Å². The van der Waals surface area contributed by atoms with Gasteiger partial charge < -0.3 is 30.3 Å². The molecule has 3 heterocycles. The molecule has 33 heavy (non-hydrogen) atoms.